The van der Waals surface area contributed by atoms with Crippen LogP contribution in [0, 0.1) is 0 Å². The second-order valence-electron chi connectivity index (χ2n) is 6.64. The van der Waals surface area contributed by atoms with Gasteiger partial charge in [-0.05, 0) is 31.2 Å². The van der Waals surface area contributed by atoms with Gasteiger partial charge in [-0.15, -0.1) is 0 Å². The van der Waals surface area contributed by atoms with Gasteiger partial charge in [0.25, 0.3) is 0 Å². The van der Waals surface area contributed by atoms with E-state index in [2.05, 4.69) is 4.98 Å². The Hall–Kier alpha value is -3.39. The van der Waals surface area contributed by atoms with E-state index in [0.717, 1.165) is 11.0 Å². The third-order valence-electron chi connectivity index (χ3n) is 4.87. The zero-order chi connectivity index (χ0) is 20.4. The van der Waals surface area contributed by atoms with Gasteiger partial charge >= 0.3 is 11.7 Å². The minimum absolute atomic E-state index is 0.0349. The van der Waals surface area contributed by atoms with Gasteiger partial charge < -0.3 is 14.4 Å². The third kappa shape index (κ3) is 3.42. The van der Waals surface area contributed by atoms with E-state index in [1.807, 2.05) is 53.1 Å². The molecule has 0 unspecified atom stereocenters. The Kier molecular flexibility index (Phi) is 5.18. The summed E-state index contributed by atoms with van der Waals surface area (Å²) >= 11 is 0. The number of benzene rings is 2. The fourth-order valence-corrected chi connectivity index (χ4v) is 3.65. The Morgan fingerprint density at radius 2 is 1.66 bits per heavy atom. The van der Waals surface area contributed by atoms with Crippen molar-refractivity contribution in [3.63, 3.8) is 0 Å². The molecule has 0 fully saturated rings. The molecule has 4 rings (SSSR count). The van der Waals surface area contributed by atoms with Gasteiger partial charge in [0, 0.05) is 6.54 Å². The van der Waals surface area contributed by atoms with E-state index in [0.29, 0.717) is 23.4 Å². The molecular formula is C21H22N4O4. The van der Waals surface area contributed by atoms with E-state index < -0.39 is 5.97 Å². The number of esters is 1. The molecule has 2 heterocycles. The molecule has 8 nitrogen and oxygen atoms in total. The summed E-state index contributed by atoms with van der Waals surface area (Å²) in [6.45, 7) is 2.42. The normalized spacial score (nSPS) is 11.4. The molecule has 150 valence electrons. The summed E-state index contributed by atoms with van der Waals surface area (Å²) in [5.41, 5.74) is 2.78. The SMILES string of the molecule is CCOC(=O)Cn1c(=O)n(Cc2nc3ccccc3n2CCO)c2ccccc21. The number of para-hydroxylation sites is 4. The lowest BCUT2D eigenvalue weighted by Gasteiger charge is -2.08. The highest BCUT2D eigenvalue weighted by atomic mass is 16.5. The van der Waals surface area contributed by atoms with Gasteiger partial charge in [0.05, 0.1) is 41.8 Å². The summed E-state index contributed by atoms with van der Waals surface area (Å²) in [6, 6.07) is 15.0. The minimum atomic E-state index is -0.454. The lowest BCUT2D eigenvalue weighted by molar-refractivity contribution is -0.143. The van der Waals surface area contributed by atoms with Crippen LogP contribution >= 0.6 is 0 Å². The Bertz CT molecular complexity index is 1230. The Morgan fingerprint density at radius 3 is 2.34 bits per heavy atom. The molecule has 2 aromatic heterocycles. The van der Waals surface area contributed by atoms with Crippen molar-refractivity contribution < 1.29 is 14.6 Å². The van der Waals surface area contributed by atoms with Crippen LogP contribution in [0.2, 0.25) is 0 Å². The number of carbonyl (C=O) groups excluding carboxylic acids is 1. The highest BCUT2D eigenvalue weighted by Crippen LogP contribution is 2.19. The number of ether oxygens (including phenoxy) is 1. The maximum Gasteiger partial charge on any atom is 0.330 e. The number of aliphatic hydroxyl groups is 1. The molecule has 0 aliphatic carbocycles. The van der Waals surface area contributed by atoms with Crippen LogP contribution in [0.15, 0.2) is 53.3 Å². The molecule has 8 heteroatoms. The van der Waals surface area contributed by atoms with Crippen LogP contribution in [0.1, 0.15) is 12.7 Å². The molecule has 4 aromatic rings. The molecular weight excluding hydrogens is 372 g/mol. The van der Waals surface area contributed by atoms with Crippen molar-refractivity contribution in [2.75, 3.05) is 13.2 Å². The van der Waals surface area contributed by atoms with Crippen LogP contribution in [-0.2, 0) is 29.2 Å². The number of hydrogen-bond acceptors (Lipinski definition) is 5. The van der Waals surface area contributed by atoms with Crippen LogP contribution in [0.5, 0.6) is 0 Å². The first kappa shape index (κ1) is 18.9. The Balaban J connectivity index is 1.82. The number of fused-ring (bicyclic) bond motifs is 2. The van der Waals surface area contributed by atoms with E-state index >= 15 is 0 Å². The van der Waals surface area contributed by atoms with Gasteiger partial charge in [-0.1, -0.05) is 24.3 Å². The second-order valence-corrected chi connectivity index (χ2v) is 6.64. The fraction of sp³-hybridized carbons (Fsp3) is 0.286. The number of aliphatic hydroxyl groups excluding tert-OH is 1. The molecule has 0 saturated carbocycles. The van der Waals surface area contributed by atoms with Crippen molar-refractivity contribution in [3.8, 4) is 0 Å². The number of rotatable bonds is 7. The Labute approximate surface area is 166 Å². The van der Waals surface area contributed by atoms with Crippen molar-refractivity contribution in [2.45, 2.75) is 26.6 Å². The van der Waals surface area contributed by atoms with E-state index in [1.54, 1.807) is 11.5 Å². The first-order chi connectivity index (χ1) is 14.1. The number of imidazole rings is 2. The van der Waals surface area contributed by atoms with Gasteiger partial charge in [-0.3, -0.25) is 13.9 Å². The highest BCUT2D eigenvalue weighted by molar-refractivity contribution is 5.79. The predicted molar refractivity (Wildman–Crippen MR) is 109 cm³/mol. The zero-order valence-electron chi connectivity index (χ0n) is 16.1. The van der Waals surface area contributed by atoms with Crippen molar-refractivity contribution in [1.29, 1.82) is 0 Å². The van der Waals surface area contributed by atoms with Crippen LogP contribution in [0.3, 0.4) is 0 Å². The summed E-state index contributed by atoms with van der Waals surface area (Å²) in [7, 11) is 0. The molecule has 0 amide bonds. The van der Waals surface area contributed by atoms with Crippen molar-refractivity contribution in [1.82, 2.24) is 18.7 Å². The first-order valence-electron chi connectivity index (χ1n) is 9.52. The Morgan fingerprint density at radius 1 is 1.00 bits per heavy atom. The summed E-state index contributed by atoms with van der Waals surface area (Å²) in [6.07, 6.45) is 0. The predicted octanol–water partition coefficient (Wildman–Crippen LogP) is 1.76. The maximum atomic E-state index is 13.1. The van der Waals surface area contributed by atoms with Crippen molar-refractivity contribution in [3.05, 3.63) is 64.8 Å². The summed E-state index contributed by atoms with van der Waals surface area (Å²) < 4.78 is 9.96. The van der Waals surface area contributed by atoms with Gasteiger partial charge in [0.1, 0.15) is 12.4 Å². The van der Waals surface area contributed by atoms with Crippen LogP contribution in [-0.4, -0.2) is 43.0 Å². The quantitative estimate of drug-likeness (QED) is 0.482. The van der Waals surface area contributed by atoms with Crippen molar-refractivity contribution >= 4 is 28.0 Å². The monoisotopic (exact) mass is 394 g/mol. The largest absolute Gasteiger partial charge is 0.465 e. The molecule has 0 bridgehead atoms. The lowest BCUT2D eigenvalue weighted by atomic mass is 10.3. The zero-order valence-corrected chi connectivity index (χ0v) is 16.1. The summed E-state index contributed by atoms with van der Waals surface area (Å²) in [5, 5.41) is 9.50. The summed E-state index contributed by atoms with van der Waals surface area (Å²) in [4.78, 5) is 29.8. The molecule has 0 aliphatic heterocycles. The minimum Gasteiger partial charge on any atom is -0.465 e. The van der Waals surface area contributed by atoms with E-state index in [-0.39, 0.29) is 32.0 Å². The first-order valence-corrected chi connectivity index (χ1v) is 9.52. The number of hydrogen-bond donors (Lipinski definition) is 1. The van der Waals surface area contributed by atoms with Crippen molar-refractivity contribution in [2.24, 2.45) is 0 Å². The molecule has 2 aromatic carbocycles. The molecule has 1 N–H and O–H groups in total. The van der Waals surface area contributed by atoms with E-state index in [1.165, 1.54) is 4.57 Å². The lowest BCUT2D eigenvalue weighted by Crippen LogP contribution is -2.28. The van der Waals surface area contributed by atoms with Crippen LogP contribution in [0.4, 0.5) is 0 Å². The molecule has 29 heavy (non-hydrogen) atoms. The second kappa shape index (κ2) is 7.92. The van der Waals surface area contributed by atoms with E-state index in [9.17, 15) is 14.7 Å². The van der Waals surface area contributed by atoms with Crippen LogP contribution in [0.25, 0.3) is 22.1 Å². The number of nitrogens with zero attached hydrogens (tertiary/aromatic N) is 4. The molecule has 0 radical (unpaired) electrons. The molecule has 0 aliphatic rings. The van der Waals surface area contributed by atoms with Crippen LogP contribution < -0.4 is 5.69 Å². The highest BCUT2D eigenvalue weighted by Gasteiger charge is 2.18. The molecule has 0 spiro atoms. The molecule has 0 atom stereocenters. The van der Waals surface area contributed by atoms with Gasteiger partial charge in [0.15, 0.2) is 0 Å². The topological polar surface area (TPSA) is 91.3 Å². The van der Waals surface area contributed by atoms with Gasteiger partial charge in [0.2, 0.25) is 0 Å². The van der Waals surface area contributed by atoms with E-state index in [4.69, 9.17) is 4.74 Å². The standard InChI is InChI=1S/C21H22N4O4/c1-2-29-20(27)14-25-18-10-6-5-9-17(18)24(21(25)28)13-19-22-15-7-3-4-8-16(15)23(19)11-12-26/h3-10,26H,2,11-14H2,1H3. The average Bonchev–Trinajstić information content (AvgIpc) is 3.20. The number of aromatic nitrogens is 4. The molecule has 0 saturated heterocycles. The fourth-order valence-electron chi connectivity index (χ4n) is 3.65. The average molecular weight is 394 g/mol. The smallest absolute Gasteiger partial charge is 0.330 e. The van der Waals surface area contributed by atoms with Gasteiger partial charge in [-0.25, -0.2) is 9.78 Å². The third-order valence-corrected chi connectivity index (χ3v) is 4.87. The van der Waals surface area contributed by atoms with Gasteiger partial charge in [-0.2, -0.15) is 0 Å². The summed E-state index contributed by atoms with van der Waals surface area (Å²) in [5.74, 6) is 0.214. The maximum absolute atomic E-state index is 13.1. The number of carbonyl (C=O) groups is 1.